The summed E-state index contributed by atoms with van der Waals surface area (Å²) in [5.41, 5.74) is 3.00. The first-order chi connectivity index (χ1) is 14.2. The van der Waals surface area contributed by atoms with Crippen LogP contribution in [-0.4, -0.2) is 10.8 Å². The van der Waals surface area contributed by atoms with Crippen LogP contribution in [0.4, 0.5) is 0 Å². The molecule has 4 rings (SSSR count). The third-order valence-electron chi connectivity index (χ3n) is 5.65. The predicted octanol–water partition coefficient (Wildman–Crippen LogP) is 6.80. The van der Waals surface area contributed by atoms with Crippen molar-refractivity contribution in [2.75, 3.05) is 0 Å². The summed E-state index contributed by atoms with van der Waals surface area (Å²) >= 11 is 0. The molecule has 0 radical (unpaired) electrons. The summed E-state index contributed by atoms with van der Waals surface area (Å²) in [5.74, 6) is 0.0505. The molecule has 0 spiro atoms. The lowest BCUT2D eigenvalue weighted by Gasteiger charge is -2.36. The van der Waals surface area contributed by atoms with Gasteiger partial charge in [0, 0.05) is 5.56 Å². The van der Waals surface area contributed by atoms with E-state index in [0.29, 0.717) is 0 Å². The number of benzene rings is 4. The maximum atomic E-state index is 13.9. The molecule has 0 aliphatic rings. The molecular formula is C27H25NO. The van der Waals surface area contributed by atoms with Gasteiger partial charge in [-0.15, -0.1) is 0 Å². The molecule has 0 aliphatic heterocycles. The van der Waals surface area contributed by atoms with Crippen LogP contribution in [0.2, 0.25) is 0 Å². The van der Waals surface area contributed by atoms with Crippen molar-refractivity contribution in [3.63, 3.8) is 0 Å². The second kappa shape index (κ2) is 8.32. The quantitative estimate of drug-likeness (QED) is 0.373. The van der Waals surface area contributed by atoms with Crippen molar-refractivity contribution in [1.29, 1.82) is 0 Å². The van der Waals surface area contributed by atoms with E-state index in [9.17, 15) is 4.79 Å². The molecule has 0 fully saturated rings. The molecule has 29 heavy (non-hydrogen) atoms. The predicted molar refractivity (Wildman–Crippen MR) is 120 cm³/mol. The van der Waals surface area contributed by atoms with E-state index in [1.54, 1.807) is 0 Å². The minimum absolute atomic E-state index is 0.0505. The third kappa shape index (κ3) is 3.79. The number of fused-ring (bicyclic) bond motifs is 1. The molecule has 0 saturated heterocycles. The van der Waals surface area contributed by atoms with E-state index in [1.165, 1.54) is 0 Å². The van der Waals surface area contributed by atoms with Crippen molar-refractivity contribution in [1.82, 2.24) is 4.90 Å². The molecule has 0 N–H and O–H groups in total. The first-order valence-corrected chi connectivity index (χ1v) is 10.1. The van der Waals surface area contributed by atoms with Gasteiger partial charge >= 0.3 is 0 Å². The van der Waals surface area contributed by atoms with Gasteiger partial charge in [0.1, 0.15) is 0 Å². The standard InChI is InChI=1S/C27H25NO/c1-20(22-12-5-3-6-13-22)28(21(2)23-14-7-4-8-15-23)27(29)26-19-11-17-24-16-9-10-18-25(24)26/h3-21H,1-2H3/t20-,21+. The number of amides is 1. The van der Waals surface area contributed by atoms with Gasteiger partial charge < -0.3 is 4.90 Å². The average Bonchev–Trinajstić information content (AvgIpc) is 2.79. The Labute approximate surface area is 172 Å². The lowest BCUT2D eigenvalue weighted by molar-refractivity contribution is 0.0606. The fourth-order valence-corrected chi connectivity index (χ4v) is 4.02. The van der Waals surface area contributed by atoms with Crippen LogP contribution >= 0.6 is 0 Å². The van der Waals surface area contributed by atoms with Crippen LogP contribution in [0.15, 0.2) is 103 Å². The fourth-order valence-electron chi connectivity index (χ4n) is 4.02. The SMILES string of the molecule is C[C@H](c1ccccc1)N(C(=O)c1cccc2ccccc12)[C@@H](C)c1ccccc1. The summed E-state index contributed by atoms with van der Waals surface area (Å²) in [7, 11) is 0. The Hall–Kier alpha value is -3.39. The normalized spacial score (nSPS) is 13.0. The minimum Gasteiger partial charge on any atom is -0.325 e. The van der Waals surface area contributed by atoms with Crippen molar-refractivity contribution >= 4 is 16.7 Å². The Morgan fingerprint density at radius 2 is 1.10 bits per heavy atom. The van der Waals surface area contributed by atoms with Gasteiger partial charge in [-0.05, 0) is 41.8 Å². The molecule has 2 atom stereocenters. The van der Waals surface area contributed by atoms with E-state index in [0.717, 1.165) is 27.5 Å². The lowest BCUT2D eigenvalue weighted by atomic mass is 9.97. The highest BCUT2D eigenvalue weighted by atomic mass is 16.2. The fraction of sp³-hybridized carbons (Fsp3) is 0.148. The Morgan fingerprint density at radius 1 is 0.621 bits per heavy atom. The van der Waals surface area contributed by atoms with Crippen LogP contribution in [-0.2, 0) is 0 Å². The van der Waals surface area contributed by atoms with Crippen molar-refractivity contribution in [2.45, 2.75) is 25.9 Å². The molecule has 0 saturated carbocycles. The first-order valence-electron chi connectivity index (χ1n) is 10.1. The number of nitrogens with zero attached hydrogens (tertiary/aromatic N) is 1. The molecule has 1 amide bonds. The molecule has 0 heterocycles. The summed E-state index contributed by atoms with van der Waals surface area (Å²) in [4.78, 5) is 15.9. The smallest absolute Gasteiger partial charge is 0.255 e. The maximum absolute atomic E-state index is 13.9. The van der Waals surface area contributed by atoms with Crippen LogP contribution in [0, 0.1) is 0 Å². The highest BCUT2D eigenvalue weighted by Gasteiger charge is 2.29. The molecule has 0 unspecified atom stereocenters. The van der Waals surface area contributed by atoms with Crippen LogP contribution in [0.3, 0.4) is 0 Å². The Kier molecular flexibility index (Phi) is 5.44. The lowest BCUT2D eigenvalue weighted by Crippen LogP contribution is -2.36. The van der Waals surface area contributed by atoms with Crippen molar-refractivity contribution in [3.05, 3.63) is 120 Å². The monoisotopic (exact) mass is 379 g/mol. The van der Waals surface area contributed by atoms with E-state index >= 15 is 0 Å². The number of carbonyl (C=O) groups excluding carboxylic acids is 1. The number of rotatable bonds is 5. The zero-order valence-corrected chi connectivity index (χ0v) is 16.8. The van der Waals surface area contributed by atoms with E-state index in [4.69, 9.17) is 0 Å². The van der Waals surface area contributed by atoms with Gasteiger partial charge in [-0.2, -0.15) is 0 Å². The largest absolute Gasteiger partial charge is 0.325 e. The van der Waals surface area contributed by atoms with Crippen molar-refractivity contribution in [2.24, 2.45) is 0 Å². The number of hydrogen-bond acceptors (Lipinski definition) is 1. The zero-order valence-electron chi connectivity index (χ0n) is 16.8. The summed E-state index contributed by atoms with van der Waals surface area (Å²) in [5, 5.41) is 2.07. The second-order valence-corrected chi connectivity index (χ2v) is 7.41. The van der Waals surface area contributed by atoms with E-state index in [-0.39, 0.29) is 18.0 Å². The van der Waals surface area contributed by atoms with Crippen LogP contribution < -0.4 is 0 Å². The minimum atomic E-state index is -0.0575. The van der Waals surface area contributed by atoms with E-state index in [2.05, 4.69) is 50.2 Å². The molecule has 2 heteroatoms. The highest BCUT2D eigenvalue weighted by molar-refractivity contribution is 6.07. The molecule has 4 aromatic rings. The molecular weight excluding hydrogens is 354 g/mol. The van der Waals surface area contributed by atoms with Gasteiger partial charge in [-0.3, -0.25) is 4.79 Å². The van der Waals surface area contributed by atoms with Gasteiger partial charge in [0.25, 0.3) is 5.91 Å². The summed E-state index contributed by atoms with van der Waals surface area (Å²) in [6.07, 6.45) is 0. The van der Waals surface area contributed by atoms with E-state index in [1.807, 2.05) is 71.6 Å². The third-order valence-corrected chi connectivity index (χ3v) is 5.65. The highest BCUT2D eigenvalue weighted by Crippen LogP contribution is 2.33. The molecule has 144 valence electrons. The molecule has 0 aliphatic carbocycles. The second-order valence-electron chi connectivity index (χ2n) is 7.41. The topological polar surface area (TPSA) is 20.3 Å². The first kappa shape index (κ1) is 18.9. The van der Waals surface area contributed by atoms with Gasteiger partial charge in [0.15, 0.2) is 0 Å². The van der Waals surface area contributed by atoms with Crippen LogP contribution in [0.5, 0.6) is 0 Å². The Morgan fingerprint density at radius 3 is 1.69 bits per heavy atom. The number of hydrogen-bond donors (Lipinski definition) is 0. The summed E-state index contributed by atoms with van der Waals surface area (Å²) in [6.45, 7) is 4.22. The molecule has 0 bridgehead atoms. The maximum Gasteiger partial charge on any atom is 0.255 e. The number of carbonyl (C=O) groups is 1. The van der Waals surface area contributed by atoms with Crippen LogP contribution in [0.25, 0.3) is 10.8 Å². The molecule has 4 aromatic carbocycles. The van der Waals surface area contributed by atoms with Crippen molar-refractivity contribution < 1.29 is 4.79 Å². The Bertz CT molecular complexity index is 1050. The van der Waals surface area contributed by atoms with Gasteiger partial charge in [-0.25, -0.2) is 0 Å². The van der Waals surface area contributed by atoms with Gasteiger partial charge in [-0.1, -0.05) is 97.1 Å². The molecule has 0 aromatic heterocycles. The average molecular weight is 380 g/mol. The van der Waals surface area contributed by atoms with Crippen molar-refractivity contribution in [3.8, 4) is 0 Å². The van der Waals surface area contributed by atoms with Crippen LogP contribution in [0.1, 0.15) is 47.4 Å². The van der Waals surface area contributed by atoms with E-state index < -0.39 is 0 Å². The zero-order chi connectivity index (χ0) is 20.2. The summed E-state index contributed by atoms with van der Waals surface area (Å²) < 4.78 is 0. The Balaban J connectivity index is 1.82. The van der Waals surface area contributed by atoms with Gasteiger partial charge in [0.2, 0.25) is 0 Å². The van der Waals surface area contributed by atoms with Gasteiger partial charge in [0.05, 0.1) is 12.1 Å². The summed E-state index contributed by atoms with van der Waals surface area (Å²) in [6, 6.07) is 34.4. The molecule has 2 nitrogen and oxygen atoms in total.